The molecular weight excluding hydrogens is 367 g/mol. The Morgan fingerprint density at radius 1 is 1.39 bits per heavy atom. The molecule has 2 aromatic heterocycles. The molecule has 0 aliphatic heterocycles. The summed E-state index contributed by atoms with van der Waals surface area (Å²) in [7, 11) is 0. The van der Waals surface area contributed by atoms with E-state index in [-0.39, 0.29) is 12.1 Å². The van der Waals surface area contributed by atoms with Crippen LogP contribution in [-0.2, 0) is 6.54 Å². The van der Waals surface area contributed by atoms with Gasteiger partial charge in [0.1, 0.15) is 11.0 Å². The highest BCUT2D eigenvalue weighted by Gasteiger charge is 2.08. The van der Waals surface area contributed by atoms with E-state index in [4.69, 9.17) is 11.6 Å². The third kappa shape index (κ3) is 2.86. The quantitative estimate of drug-likeness (QED) is 0.594. The highest BCUT2D eigenvalue weighted by Crippen LogP contribution is 2.07. The third-order valence-electron chi connectivity index (χ3n) is 2.34. The predicted molar refractivity (Wildman–Crippen MR) is 76.8 cm³/mol. The van der Waals surface area contributed by atoms with Crippen LogP contribution in [0.15, 0.2) is 17.2 Å². The summed E-state index contributed by atoms with van der Waals surface area (Å²) in [5, 5.41) is 0.375. The second-order valence-electron chi connectivity index (χ2n) is 3.83. The monoisotopic (exact) mass is 376 g/mol. The van der Waals surface area contributed by atoms with Gasteiger partial charge in [-0.15, -0.1) is 0 Å². The first-order valence-corrected chi connectivity index (χ1v) is 6.64. The number of hydrogen-bond acceptors (Lipinski definition) is 4. The van der Waals surface area contributed by atoms with Crippen molar-refractivity contribution in [2.24, 2.45) is 0 Å². The summed E-state index contributed by atoms with van der Waals surface area (Å²) < 4.78 is 2.08. The molecule has 0 unspecified atom stereocenters. The van der Waals surface area contributed by atoms with Crippen molar-refractivity contribution in [1.82, 2.24) is 19.5 Å². The van der Waals surface area contributed by atoms with E-state index < -0.39 is 0 Å². The molecule has 0 aliphatic rings. The van der Waals surface area contributed by atoms with E-state index in [9.17, 15) is 4.79 Å². The summed E-state index contributed by atoms with van der Waals surface area (Å²) in [6, 6.07) is 1.67. The van der Waals surface area contributed by atoms with E-state index in [1.54, 1.807) is 13.0 Å². The number of nitrogens with zero attached hydrogens (tertiary/aromatic N) is 4. The zero-order valence-corrected chi connectivity index (χ0v) is 12.7. The predicted octanol–water partition coefficient (Wildman–Crippen LogP) is 1.96. The number of halogens is 2. The number of aromatic nitrogens is 4. The van der Waals surface area contributed by atoms with Crippen molar-refractivity contribution in [3.05, 3.63) is 48.7 Å². The fourth-order valence-electron chi connectivity index (χ4n) is 1.47. The van der Waals surface area contributed by atoms with E-state index in [0.717, 1.165) is 11.4 Å². The van der Waals surface area contributed by atoms with E-state index in [1.165, 1.54) is 10.9 Å². The first-order valence-electron chi connectivity index (χ1n) is 5.19. The molecule has 0 aromatic carbocycles. The van der Waals surface area contributed by atoms with Gasteiger partial charge in [0.2, 0.25) is 0 Å². The minimum atomic E-state index is -0.0932. The van der Waals surface area contributed by atoms with Gasteiger partial charge in [0.15, 0.2) is 0 Å². The molecule has 0 radical (unpaired) electrons. The summed E-state index contributed by atoms with van der Waals surface area (Å²) in [6.45, 7) is 3.90. The molecule has 5 nitrogen and oxygen atoms in total. The fourth-order valence-corrected chi connectivity index (χ4v) is 2.18. The topological polar surface area (TPSA) is 60.7 Å². The molecule has 0 fully saturated rings. The first kappa shape index (κ1) is 13.4. The fraction of sp³-hybridized carbons (Fsp3) is 0.273. The van der Waals surface area contributed by atoms with Crippen molar-refractivity contribution < 1.29 is 0 Å². The second kappa shape index (κ2) is 5.31. The molecule has 0 saturated heterocycles. The van der Waals surface area contributed by atoms with Crippen LogP contribution in [0.5, 0.6) is 0 Å². The highest BCUT2D eigenvalue weighted by atomic mass is 127. The molecule has 2 aromatic rings. The molecular formula is C11H10ClIN4O. The van der Waals surface area contributed by atoms with Crippen molar-refractivity contribution >= 4 is 34.2 Å². The van der Waals surface area contributed by atoms with Gasteiger partial charge >= 0.3 is 0 Å². The van der Waals surface area contributed by atoms with Gasteiger partial charge in [-0.1, -0.05) is 11.6 Å². The Hall–Kier alpha value is -1.02. The molecule has 0 aliphatic carbocycles. The second-order valence-corrected chi connectivity index (χ2v) is 5.29. The van der Waals surface area contributed by atoms with E-state index in [1.807, 2.05) is 29.5 Å². The number of aryl methyl sites for hydroxylation is 2. The average molecular weight is 377 g/mol. The Kier molecular flexibility index (Phi) is 3.96. The Morgan fingerprint density at radius 2 is 2.11 bits per heavy atom. The Morgan fingerprint density at radius 3 is 2.78 bits per heavy atom. The van der Waals surface area contributed by atoms with Gasteiger partial charge in [-0.05, 0) is 42.5 Å². The smallest absolute Gasteiger partial charge is 0.267 e. The lowest BCUT2D eigenvalue weighted by atomic mass is 10.4. The van der Waals surface area contributed by atoms with Crippen molar-refractivity contribution in [3.63, 3.8) is 0 Å². The standard InChI is InChI=1S/C11H10ClIN4O/c1-6-3-8(12)16-9(15-6)4-17-5-14-7(2)10(13)11(17)18/h3,5H,4H2,1-2H3. The summed E-state index contributed by atoms with van der Waals surface area (Å²) >= 11 is 7.84. The van der Waals surface area contributed by atoms with Crippen LogP contribution in [0.4, 0.5) is 0 Å². The first-order chi connectivity index (χ1) is 8.47. The van der Waals surface area contributed by atoms with Crippen LogP contribution in [0.3, 0.4) is 0 Å². The van der Waals surface area contributed by atoms with E-state index in [2.05, 4.69) is 15.0 Å². The maximum Gasteiger partial charge on any atom is 0.267 e. The molecule has 2 rings (SSSR count). The van der Waals surface area contributed by atoms with Crippen LogP contribution in [-0.4, -0.2) is 19.5 Å². The van der Waals surface area contributed by atoms with E-state index in [0.29, 0.717) is 14.5 Å². The number of hydrogen-bond donors (Lipinski definition) is 0. The molecule has 0 bridgehead atoms. The molecule has 0 atom stereocenters. The van der Waals surface area contributed by atoms with Crippen molar-refractivity contribution in [2.45, 2.75) is 20.4 Å². The van der Waals surface area contributed by atoms with Gasteiger partial charge in [0.25, 0.3) is 5.56 Å². The van der Waals surface area contributed by atoms with Gasteiger partial charge in [-0.3, -0.25) is 9.36 Å². The van der Waals surface area contributed by atoms with Crippen LogP contribution in [0.2, 0.25) is 5.15 Å². The minimum absolute atomic E-state index is 0.0932. The van der Waals surface area contributed by atoms with Gasteiger partial charge in [0, 0.05) is 5.69 Å². The normalized spacial score (nSPS) is 10.7. The average Bonchev–Trinajstić information content (AvgIpc) is 2.29. The SMILES string of the molecule is Cc1cc(Cl)nc(Cn2cnc(C)c(I)c2=O)n1. The molecule has 94 valence electrons. The molecule has 0 amide bonds. The van der Waals surface area contributed by atoms with Gasteiger partial charge in [0.05, 0.1) is 22.1 Å². The van der Waals surface area contributed by atoms with Crippen LogP contribution < -0.4 is 5.56 Å². The lowest BCUT2D eigenvalue weighted by Crippen LogP contribution is -2.25. The molecule has 2 heterocycles. The van der Waals surface area contributed by atoms with Crippen molar-refractivity contribution in [1.29, 1.82) is 0 Å². The maximum absolute atomic E-state index is 12.0. The molecule has 0 saturated carbocycles. The Bertz CT molecular complexity index is 636. The highest BCUT2D eigenvalue weighted by molar-refractivity contribution is 14.1. The molecule has 18 heavy (non-hydrogen) atoms. The summed E-state index contributed by atoms with van der Waals surface area (Å²) in [5.74, 6) is 0.503. The minimum Gasteiger partial charge on any atom is -0.291 e. The molecule has 0 spiro atoms. The van der Waals surface area contributed by atoms with Crippen molar-refractivity contribution in [3.8, 4) is 0 Å². The zero-order chi connectivity index (χ0) is 13.3. The summed E-state index contributed by atoms with van der Waals surface area (Å²) in [4.78, 5) is 24.5. The lowest BCUT2D eigenvalue weighted by molar-refractivity contribution is 0.685. The van der Waals surface area contributed by atoms with Crippen LogP contribution in [0.1, 0.15) is 17.2 Å². The van der Waals surface area contributed by atoms with Crippen LogP contribution in [0, 0.1) is 17.4 Å². The lowest BCUT2D eigenvalue weighted by Gasteiger charge is -2.06. The third-order valence-corrected chi connectivity index (χ3v) is 3.77. The largest absolute Gasteiger partial charge is 0.291 e. The summed E-state index contributed by atoms with van der Waals surface area (Å²) in [5.41, 5.74) is 1.40. The molecule has 0 N–H and O–H groups in total. The van der Waals surface area contributed by atoms with Crippen LogP contribution in [0.25, 0.3) is 0 Å². The van der Waals surface area contributed by atoms with Crippen molar-refractivity contribution in [2.75, 3.05) is 0 Å². The zero-order valence-electron chi connectivity index (χ0n) is 9.81. The van der Waals surface area contributed by atoms with Gasteiger partial charge in [-0.25, -0.2) is 15.0 Å². The Balaban J connectivity index is 2.40. The molecule has 7 heteroatoms. The maximum atomic E-state index is 12.0. The van der Waals surface area contributed by atoms with Crippen LogP contribution >= 0.6 is 34.2 Å². The van der Waals surface area contributed by atoms with E-state index >= 15 is 0 Å². The van der Waals surface area contributed by atoms with Gasteiger partial charge < -0.3 is 0 Å². The number of rotatable bonds is 2. The van der Waals surface area contributed by atoms with Gasteiger partial charge in [-0.2, -0.15) is 0 Å². The Labute approximate surface area is 122 Å². The summed E-state index contributed by atoms with van der Waals surface area (Å²) in [6.07, 6.45) is 1.50.